The zero-order valence-electron chi connectivity index (χ0n) is 8.94. The van der Waals surface area contributed by atoms with E-state index in [4.69, 9.17) is 0 Å². The highest BCUT2D eigenvalue weighted by atomic mass is 79.9. The SMILES string of the molecule is O=C(c1ccc(-c2ccccc2)cc1)C(F)Br. The molecule has 1 unspecified atom stereocenters. The molecular formula is C14H10BrFO. The summed E-state index contributed by atoms with van der Waals surface area (Å²) in [5.74, 6) is -0.551. The molecule has 17 heavy (non-hydrogen) atoms. The van der Waals surface area contributed by atoms with Crippen molar-refractivity contribution in [1.29, 1.82) is 0 Å². The van der Waals surface area contributed by atoms with Crippen molar-refractivity contribution < 1.29 is 9.18 Å². The minimum Gasteiger partial charge on any atom is -0.290 e. The van der Waals surface area contributed by atoms with Gasteiger partial charge in [-0.3, -0.25) is 4.79 Å². The second kappa shape index (κ2) is 5.23. The summed E-state index contributed by atoms with van der Waals surface area (Å²) >= 11 is 2.62. The first kappa shape index (κ1) is 12.0. The molecule has 0 radical (unpaired) electrons. The molecule has 0 fully saturated rings. The van der Waals surface area contributed by atoms with E-state index < -0.39 is 10.9 Å². The Labute approximate surface area is 107 Å². The number of hydrogen-bond acceptors (Lipinski definition) is 1. The maximum Gasteiger partial charge on any atom is 0.217 e. The Morgan fingerprint density at radius 1 is 0.941 bits per heavy atom. The van der Waals surface area contributed by atoms with Gasteiger partial charge in [0.2, 0.25) is 10.9 Å². The number of benzene rings is 2. The molecule has 2 aromatic rings. The number of Topliss-reactive ketones (excluding diaryl/α,β-unsaturated/α-hetero) is 1. The van der Waals surface area contributed by atoms with Gasteiger partial charge < -0.3 is 0 Å². The fourth-order valence-electron chi connectivity index (χ4n) is 1.58. The summed E-state index contributed by atoms with van der Waals surface area (Å²) in [5, 5.41) is -1.63. The van der Waals surface area contributed by atoms with Gasteiger partial charge in [-0.2, -0.15) is 0 Å². The number of ketones is 1. The molecule has 0 bridgehead atoms. The van der Waals surface area contributed by atoms with Crippen molar-refractivity contribution in [3.05, 3.63) is 60.2 Å². The maximum atomic E-state index is 12.8. The highest BCUT2D eigenvalue weighted by molar-refractivity contribution is 9.09. The van der Waals surface area contributed by atoms with Gasteiger partial charge in [-0.15, -0.1) is 0 Å². The van der Waals surface area contributed by atoms with Crippen LogP contribution in [-0.2, 0) is 0 Å². The van der Waals surface area contributed by atoms with E-state index in [1.54, 1.807) is 12.1 Å². The van der Waals surface area contributed by atoms with E-state index in [0.29, 0.717) is 5.56 Å². The van der Waals surface area contributed by atoms with Gasteiger partial charge in [0, 0.05) is 5.56 Å². The lowest BCUT2D eigenvalue weighted by molar-refractivity contribution is 0.0942. The summed E-state index contributed by atoms with van der Waals surface area (Å²) in [6.45, 7) is 0. The topological polar surface area (TPSA) is 17.1 Å². The molecule has 0 aliphatic rings. The van der Waals surface area contributed by atoms with Gasteiger partial charge in [0.25, 0.3) is 0 Å². The van der Waals surface area contributed by atoms with E-state index in [2.05, 4.69) is 15.9 Å². The largest absolute Gasteiger partial charge is 0.290 e. The Hall–Kier alpha value is -1.48. The van der Waals surface area contributed by atoms with Crippen molar-refractivity contribution in [2.24, 2.45) is 0 Å². The van der Waals surface area contributed by atoms with Gasteiger partial charge in [-0.25, -0.2) is 4.39 Å². The van der Waals surface area contributed by atoms with Crippen molar-refractivity contribution in [3.63, 3.8) is 0 Å². The number of carbonyl (C=O) groups excluding carboxylic acids is 1. The Morgan fingerprint density at radius 2 is 1.47 bits per heavy atom. The number of rotatable bonds is 3. The molecule has 1 nitrogen and oxygen atoms in total. The zero-order valence-corrected chi connectivity index (χ0v) is 10.5. The molecule has 3 heteroatoms. The summed E-state index contributed by atoms with van der Waals surface area (Å²) in [4.78, 5) is 11.4. The fraction of sp³-hybridized carbons (Fsp3) is 0.0714. The summed E-state index contributed by atoms with van der Waals surface area (Å²) in [5.41, 5.74) is 2.45. The van der Waals surface area contributed by atoms with E-state index in [1.165, 1.54) is 0 Å². The van der Waals surface area contributed by atoms with Gasteiger partial charge in [-0.1, -0.05) is 54.6 Å². The van der Waals surface area contributed by atoms with Crippen molar-refractivity contribution in [1.82, 2.24) is 0 Å². The van der Waals surface area contributed by atoms with Gasteiger partial charge in [0.15, 0.2) is 0 Å². The molecule has 0 amide bonds. The molecule has 2 aromatic carbocycles. The molecule has 0 N–H and O–H groups in total. The van der Waals surface area contributed by atoms with Crippen LogP contribution in [0.25, 0.3) is 11.1 Å². The Bertz CT molecular complexity index is 506. The average Bonchev–Trinajstić information content (AvgIpc) is 2.39. The molecular weight excluding hydrogens is 283 g/mol. The van der Waals surface area contributed by atoms with Crippen LogP contribution in [0.5, 0.6) is 0 Å². The van der Waals surface area contributed by atoms with E-state index in [-0.39, 0.29) is 0 Å². The van der Waals surface area contributed by atoms with Gasteiger partial charge in [-0.05, 0) is 27.1 Å². The van der Waals surface area contributed by atoms with Gasteiger partial charge in [0.05, 0.1) is 0 Å². The minimum absolute atomic E-state index is 0.369. The van der Waals surface area contributed by atoms with Crippen LogP contribution in [0.2, 0.25) is 0 Å². The van der Waals surface area contributed by atoms with Crippen LogP contribution < -0.4 is 0 Å². The van der Waals surface area contributed by atoms with Crippen molar-refractivity contribution in [3.8, 4) is 11.1 Å². The monoisotopic (exact) mass is 292 g/mol. The van der Waals surface area contributed by atoms with Crippen LogP contribution in [0.4, 0.5) is 4.39 Å². The van der Waals surface area contributed by atoms with Crippen LogP contribution in [0, 0.1) is 0 Å². The summed E-state index contributed by atoms with van der Waals surface area (Å²) in [7, 11) is 0. The first-order valence-corrected chi connectivity index (χ1v) is 6.08. The highest BCUT2D eigenvalue weighted by Crippen LogP contribution is 2.20. The lowest BCUT2D eigenvalue weighted by atomic mass is 10.0. The van der Waals surface area contributed by atoms with Gasteiger partial charge in [0.1, 0.15) is 0 Å². The molecule has 2 rings (SSSR count). The van der Waals surface area contributed by atoms with Gasteiger partial charge >= 0.3 is 0 Å². The molecule has 0 aliphatic carbocycles. The standard InChI is InChI=1S/C14H10BrFO/c15-14(16)13(17)12-8-6-11(7-9-12)10-4-2-1-3-5-10/h1-9,14H. The second-order valence-corrected chi connectivity index (χ2v) is 4.41. The van der Waals surface area contributed by atoms with E-state index in [0.717, 1.165) is 11.1 Å². The first-order chi connectivity index (χ1) is 8.18. The summed E-state index contributed by atoms with van der Waals surface area (Å²) in [6.07, 6.45) is 0. The number of carbonyl (C=O) groups is 1. The highest BCUT2D eigenvalue weighted by Gasteiger charge is 2.14. The molecule has 1 atom stereocenters. The molecule has 86 valence electrons. The summed E-state index contributed by atoms with van der Waals surface area (Å²) < 4.78 is 12.8. The normalized spacial score (nSPS) is 12.1. The number of alkyl halides is 2. The smallest absolute Gasteiger partial charge is 0.217 e. The van der Waals surface area contributed by atoms with Crippen molar-refractivity contribution in [2.75, 3.05) is 0 Å². The molecule has 0 aliphatic heterocycles. The van der Waals surface area contributed by atoms with Crippen molar-refractivity contribution in [2.45, 2.75) is 5.08 Å². The van der Waals surface area contributed by atoms with Crippen molar-refractivity contribution >= 4 is 21.7 Å². The third-order valence-electron chi connectivity index (χ3n) is 2.47. The Morgan fingerprint density at radius 3 is 2.00 bits per heavy atom. The fourth-order valence-corrected chi connectivity index (χ4v) is 1.85. The summed E-state index contributed by atoms with van der Waals surface area (Å²) in [6, 6.07) is 16.7. The average molecular weight is 293 g/mol. The van der Waals surface area contributed by atoms with Crippen LogP contribution in [0.1, 0.15) is 10.4 Å². The van der Waals surface area contributed by atoms with E-state index >= 15 is 0 Å². The van der Waals surface area contributed by atoms with E-state index in [9.17, 15) is 9.18 Å². The predicted octanol–water partition coefficient (Wildman–Crippen LogP) is 4.23. The third-order valence-corrected chi connectivity index (χ3v) is 2.89. The maximum absolute atomic E-state index is 12.8. The molecule has 0 saturated carbocycles. The molecule has 0 spiro atoms. The first-order valence-electron chi connectivity index (χ1n) is 5.16. The van der Waals surface area contributed by atoms with Crippen LogP contribution in [-0.4, -0.2) is 10.9 Å². The lowest BCUT2D eigenvalue weighted by Gasteiger charge is -2.04. The molecule has 0 heterocycles. The predicted molar refractivity (Wildman–Crippen MR) is 70.0 cm³/mol. The molecule has 0 saturated heterocycles. The third kappa shape index (κ3) is 2.80. The van der Waals surface area contributed by atoms with Crippen LogP contribution >= 0.6 is 15.9 Å². The number of hydrogen-bond donors (Lipinski definition) is 0. The lowest BCUT2D eigenvalue weighted by Crippen LogP contribution is -2.08. The second-order valence-electron chi connectivity index (χ2n) is 3.61. The Balaban J connectivity index is 2.28. The quantitative estimate of drug-likeness (QED) is 0.611. The Kier molecular flexibility index (Phi) is 3.69. The van der Waals surface area contributed by atoms with Crippen LogP contribution in [0.3, 0.4) is 0 Å². The zero-order chi connectivity index (χ0) is 12.3. The number of halogens is 2. The molecule has 0 aromatic heterocycles. The van der Waals surface area contributed by atoms with E-state index in [1.807, 2.05) is 42.5 Å². The minimum atomic E-state index is -1.63. The van der Waals surface area contributed by atoms with Crippen LogP contribution in [0.15, 0.2) is 54.6 Å².